The Labute approximate surface area is 149 Å². The Bertz CT molecular complexity index is 1090. The minimum atomic E-state index is -0.543. The standard InChI is InChI=1S/C20H17NO5/c1-21-17(11-8-9-14(24-2)15(10-11)25-3)16-18(22)12-6-4-5-7-13(12)26-19(16)20(21)23/h4-10,17H,1-3H3/t17-/m0/s1. The molecule has 26 heavy (non-hydrogen) atoms. The number of ether oxygens (including phenoxy) is 2. The van der Waals surface area contributed by atoms with E-state index >= 15 is 0 Å². The van der Waals surface area contributed by atoms with Gasteiger partial charge in [0.1, 0.15) is 5.58 Å². The van der Waals surface area contributed by atoms with E-state index in [-0.39, 0.29) is 17.1 Å². The average molecular weight is 351 g/mol. The Morgan fingerprint density at radius 3 is 2.46 bits per heavy atom. The molecule has 2 heterocycles. The highest BCUT2D eigenvalue weighted by Crippen LogP contribution is 2.39. The predicted octanol–water partition coefficient (Wildman–Crippen LogP) is 2.99. The summed E-state index contributed by atoms with van der Waals surface area (Å²) in [7, 11) is 4.75. The summed E-state index contributed by atoms with van der Waals surface area (Å²) in [4.78, 5) is 27.3. The van der Waals surface area contributed by atoms with Crippen LogP contribution in [-0.4, -0.2) is 32.1 Å². The molecule has 0 spiro atoms. The molecule has 1 amide bonds. The highest BCUT2D eigenvalue weighted by Gasteiger charge is 2.40. The molecule has 1 aromatic heterocycles. The van der Waals surface area contributed by atoms with Gasteiger partial charge in [0.15, 0.2) is 16.9 Å². The summed E-state index contributed by atoms with van der Waals surface area (Å²) in [6.07, 6.45) is 0. The van der Waals surface area contributed by atoms with Crippen LogP contribution in [0, 0.1) is 0 Å². The van der Waals surface area contributed by atoms with Gasteiger partial charge in [-0.3, -0.25) is 9.59 Å². The molecule has 0 saturated carbocycles. The van der Waals surface area contributed by atoms with Crippen LogP contribution in [0.2, 0.25) is 0 Å². The van der Waals surface area contributed by atoms with E-state index in [1.165, 1.54) is 4.90 Å². The summed E-state index contributed by atoms with van der Waals surface area (Å²) in [6.45, 7) is 0. The van der Waals surface area contributed by atoms with Crippen LogP contribution in [0.25, 0.3) is 11.0 Å². The summed E-state index contributed by atoms with van der Waals surface area (Å²) in [5.74, 6) is 0.886. The summed E-state index contributed by atoms with van der Waals surface area (Å²) in [6, 6.07) is 11.7. The van der Waals surface area contributed by atoms with Gasteiger partial charge in [-0.2, -0.15) is 0 Å². The molecule has 0 bridgehead atoms. The maximum Gasteiger partial charge on any atom is 0.290 e. The smallest absolute Gasteiger partial charge is 0.290 e. The molecule has 4 rings (SSSR count). The molecule has 1 aliphatic heterocycles. The first-order valence-electron chi connectivity index (χ1n) is 8.11. The Morgan fingerprint density at radius 1 is 1.00 bits per heavy atom. The molecule has 0 aliphatic carbocycles. The summed E-state index contributed by atoms with van der Waals surface area (Å²) in [5, 5.41) is 0.458. The first kappa shape index (κ1) is 16.2. The van der Waals surface area contributed by atoms with Crippen molar-refractivity contribution in [3.63, 3.8) is 0 Å². The zero-order valence-corrected chi connectivity index (χ0v) is 14.6. The number of rotatable bonds is 3. The van der Waals surface area contributed by atoms with Gasteiger partial charge in [-0.05, 0) is 29.8 Å². The molecule has 3 aromatic rings. The number of amides is 1. The molecule has 0 N–H and O–H groups in total. The minimum Gasteiger partial charge on any atom is -0.493 e. The summed E-state index contributed by atoms with van der Waals surface area (Å²) in [5.41, 5.74) is 1.31. The highest BCUT2D eigenvalue weighted by atomic mass is 16.5. The van der Waals surface area contributed by atoms with Gasteiger partial charge >= 0.3 is 0 Å². The number of carbonyl (C=O) groups is 1. The largest absolute Gasteiger partial charge is 0.493 e. The van der Waals surface area contributed by atoms with Crippen molar-refractivity contribution < 1.29 is 18.7 Å². The first-order chi connectivity index (χ1) is 12.6. The Kier molecular flexibility index (Phi) is 3.68. The van der Waals surface area contributed by atoms with Gasteiger partial charge < -0.3 is 18.8 Å². The number of nitrogens with zero attached hydrogens (tertiary/aromatic N) is 1. The predicted molar refractivity (Wildman–Crippen MR) is 96.0 cm³/mol. The van der Waals surface area contributed by atoms with Crippen molar-refractivity contribution >= 4 is 16.9 Å². The molecule has 0 unspecified atom stereocenters. The molecule has 132 valence electrons. The molecular formula is C20H17NO5. The number of para-hydroxylation sites is 1. The van der Waals surface area contributed by atoms with E-state index in [4.69, 9.17) is 13.9 Å². The number of benzene rings is 2. The van der Waals surface area contributed by atoms with Crippen molar-refractivity contribution in [3.05, 3.63) is 69.6 Å². The maximum atomic E-state index is 13.1. The second kappa shape index (κ2) is 5.91. The summed E-state index contributed by atoms with van der Waals surface area (Å²) >= 11 is 0. The van der Waals surface area contributed by atoms with E-state index in [1.54, 1.807) is 57.7 Å². The lowest BCUT2D eigenvalue weighted by molar-refractivity contribution is 0.0771. The molecule has 0 fully saturated rings. The van der Waals surface area contributed by atoms with E-state index in [2.05, 4.69) is 0 Å². The third-order valence-electron chi connectivity index (χ3n) is 4.73. The molecular weight excluding hydrogens is 334 g/mol. The zero-order valence-electron chi connectivity index (χ0n) is 14.6. The van der Waals surface area contributed by atoms with Crippen LogP contribution in [0.4, 0.5) is 0 Å². The number of fused-ring (bicyclic) bond motifs is 2. The third kappa shape index (κ3) is 2.19. The fraction of sp³-hybridized carbons (Fsp3) is 0.200. The molecule has 0 saturated heterocycles. The topological polar surface area (TPSA) is 69.0 Å². The van der Waals surface area contributed by atoms with Crippen LogP contribution in [0.1, 0.15) is 27.7 Å². The van der Waals surface area contributed by atoms with Crippen molar-refractivity contribution in [1.29, 1.82) is 0 Å². The van der Waals surface area contributed by atoms with Gasteiger partial charge in [0.2, 0.25) is 5.76 Å². The summed E-state index contributed by atoms with van der Waals surface area (Å²) < 4.78 is 16.4. The van der Waals surface area contributed by atoms with Crippen molar-refractivity contribution in [2.24, 2.45) is 0 Å². The number of methoxy groups -OCH3 is 2. The fourth-order valence-corrected chi connectivity index (χ4v) is 3.45. The molecule has 6 heteroatoms. The molecule has 2 aromatic carbocycles. The van der Waals surface area contributed by atoms with Gasteiger partial charge in [0, 0.05) is 7.05 Å². The van der Waals surface area contributed by atoms with Crippen molar-refractivity contribution in [1.82, 2.24) is 4.90 Å². The zero-order chi connectivity index (χ0) is 18.4. The van der Waals surface area contributed by atoms with Crippen molar-refractivity contribution in [3.8, 4) is 11.5 Å². The van der Waals surface area contributed by atoms with E-state index in [9.17, 15) is 9.59 Å². The van der Waals surface area contributed by atoms with Crippen LogP contribution in [0.3, 0.4) is 0 Å². The first-order valence-corrected chi connectivity index (χ1v) is 8.11. The molecule has 1 aliphatic rings. The number of hydrogen-bond acceptors (Lipinski definition) is 5. The number of carbonyl (C=O) groups excluding carboxylic acids is 1. The minimum absolute atomic E-state index is 0.0935. The van der Waals surface area contributed by atoms with Crippen molar-refractivity contribution in [2.75, 3.05) is 21.3 Å². The Morgan fingerprint density at radius 2 is 1.73 bits per heavy atom. The van der Waals surface area contributed by atoms with Crippen LogP contribution in [-0.2, 0) is 0 Å². The quantitative estimate of drug-likeness (QED) is 0.726. The lowest BCUT2D eigenvalue weighted by atomic mass is 9.98. The molecule has 1 atom stereocenters. The fourth-order valence-electron chi connectivity index (χ4n) is 3.45. The van der Waals surface area contributed by atoms with Crippen LogP contribution in [0.15, 0.2) is 51.7 Å². The van der Waals surface area contributed by atoms with Gasteiger partial charge in [0.25, 0.3) is 5.91 Å². The van der Waals surface area contributed by atoms with Crippen LogP contribution < -0.4 is 14.9 Å². The van der Waals surface area contributed by atoms with Gasteiger partial charge in [-0.15, -0.1) is 0 Å². The average Bonchev–Trinajstić information content (AvgIpc) is 2.93. The lowest BCUT2D eigenvalue weighted by Crippen LogP contribution is -2.25. The second-order valence-corrected chi connectivity index (χ2v) is 6.10. The number of hydrogen-bond donors (Lipinski definition) is 0. The van der Waals surface area contributed by atoms with Gasteiger partial charge in [-0.1, -0.05) is 18.2 Å². The maximum absolute atomic E-state index is 13.1. The lowest BCUT2D eigenvalue weighted by Gasteiger charge is -2.21. The third-order valence-corrected chi connectivity index (χ3v) is 4.73. The van der Waals surface area contributed by atoms with E-state index in [0.717, 1.165) is 5.56 Å². The van der Waals surface area contributed by atoms with E-state index in [0.29, 0.717) is 28.0 Å². The Balaban J connectivity index is 1.97. The SMILES string of the molecule is COc1ccc([C@H]2c3c(oc4ccccc4c3=O)C(=O)N2C)cc1OC. The van der Waals surface area contributed by atoms with Crippen molar-refractivity contribution in [2.45, 2.75) is 6.04 Å². The van der Waals surface area contributed by atoms with E-state index < -0.39 is 6.04 Å². The van der Waals surface area contributed by atoms with E-state index in [1.807, 2.05) is 6.07 Å². The molecule has 6 nitrogen and oxygen atoms in total. The van der Waals surface area contributed by atoms with Gasteiger partial charge in [-0.25, -0.2) is 0 Å². The second-order valence-electron chi connectivity index (χ2n) is 6.10. The monoisotopic (exact) mass is 351 g/mol. The normalized spacial score (nSPS) is 16.0. The van der Waals surface area contributed by atoms with Gasteiger partial charge in [0.05, 0.1) is 31.2 Å². The Hall–Kier alpha value is -3.28. The molecule has 0 radical (unpaired) electrons. The highest BCUT2D eigenvalue weighted by molar-refractivity contribution is 5.98. The van der Waals surface area contributed by atoms with Crippen LogP contribution >= 0.6 is 0 Å². The van der Waals surface area contributed by atoms with Crippen LogP contribution in [0.5, 0.6) is 11.5 Å².